The fourth-order valence-corrected chi connectivity index (χ4v) is 3.25. The van der Waals surface area contributed by atoms with E-state index in [1.165, 1.54) is 18.3 Å². The quantitative estimate of drug-likeness (QED) is 0.472. The molecule has 5 rings (SSSR count). The van der Waals surface area contributed by atoms with Crippen molar-refractivity contribution in [2.45, 2.75) is 0 Å². The van der Waals surface area contributed by atoms with E-state index in [0.29, 0.717) is 28.2 Å². The van der Waals surface area contributed by atoms with Crippen LogP contribution in [-0.4, -0.2) is 24.1 Å². The highest BCUT2D eigenvalue weighted by Crippen LogP contribution is 2.30. The molecule has 0 unspecified atom stereocenters. The number of halogens is 2. The molecule has 132 valence electrons. The normalized spacial score (nSPS) is 11.5. The highest BCUT2D eigenvalue weighted by molar-refractivity contribution is 5.92. The zero-order valence-electron chi connectivity index (χ0n) is 14.3. The second-order valence-electron chi connectivity index (χ2n) is 6.27. The van der Waals surface area contributed by atoms with Crippen molar-refractivity contribution in [3.05, 3.63) is 72.7 Å². The minimum atomic E-state index is -0.422. The van der Waals surface area contributed by atoms with Crippen LogP contribution < -0.4 is 0 Å². The first-order valence-electron chi connectivity index (χ1n) is 8.33. The van der Waals surface area contributed by atoms with Gasteiger partial charge in [-0.25, -0.2) is 18.7 Å². The molecule has 0 fully saturated rings. The molecule has 0 bridgehead atoms. The van der Waals surface area contributed by atoms with Gasteiger partial charge in [0.15, 0.2) is 5.82 Å². The Morgan fingerprint density at radius 2 is 1.70 bits per heavy atom. The maximum atomic E-state index is 14.6. The van der Waals surface area contributed by atoms with Crippen LogP contribution in [0, 0.1) is 11.6 Å². The Kier molecular flexibility index (Phi) is 3.30. The van der Waals surface area contributed by atoms with Gasteiger partial charge in [0.25, 0.3) is 0 Å². The average molecular weight is 361 g/mol. The molecule has 7 heteroatoms. The van der Waals surface area contributed by atoms with Gasteiger partial charge in [0.05, 0.1) is 22.1 Å². The fourth-order valence-electron chi connectivity index (χ4n) is 3.25. The van der Waals surface area contributed by atoms with Crippen LogP contribution >= 0.6 is 0 Å². The van der Waals surface area contributed by atoms with Crippen LogP contribution in [-0.2, 0) is 7.05 Å². The highest BCUT2D eigenvalue weighted by Gasteiger charge is 2.19. The molecule has 0 amide bonds. The predicted octanol–water partition coefficient (Wildman–Crippen LogP) is 4.25. The Hall–Kier alpha value is -3.61. The minimum absolute atomic E-state index is 0.303. The number of hydrogen-bond acceptors (Lipinski definition) is 3. The number of para-hydroxylation sites is 2. The number of aromatic nitrogens is 5. The molecule has 0 radical (unpaired) electrons. The van der Waals surface area contributed by atoms with Gasteiger partial charge in [0, 0.05) is 18.8 Å². The lowest BCUT2D eigenvalue weighted by molar-refractivity contribution is 0.628. The molecule has 27 heavy (non-hydrogen) atoms. The summed E-state index contributed by atoms with van der Waals surface area (Å²) in [5.74, 6) is -0.413. The Bertz CT molecular complexity index is 1300. The standard InChI is InChI=1S/C20H13F2N5/c1-26-10-14(22)17-18(12-6-8-13(21)9-7-12)24-20(25-19(17)26)27-11-23-15-4-2-3-5-16(15)27/h2-11H,1H3. The molecule has 0 atom stereocenters. The van der Waals surface area contributed by atoms with E-state index < -0.39 is 5.82 Å². The number of imidazole rings is 1. The number of nitrogens with zero attached hydrogens (tertiary/aromatic N) is 5. The third-order valence-electron chi connectivity index (χ3n) is 4.54. The molecule has 0 saturated heterocycles. The van der Waals surface area contributed by atoms with Crippen molar-refractivity contribution in [1.29, 1.82) is 0 Å². The smallest absolute Gasteiger partial charge is 0.238 e. The zero-order valence-corrected chi connectivity index (χ0v) is 14.3. The number of aryl methyl sites for hydroxylation is 1. The summed E-state index contributed by atoms with van der Waals surface area (Å²) in [5.41, 5.74) is 3.12. The van der Waals surface area contributed by atoms with Crippen molar-refractivity contribution in [2.24, 2.45) is 7.05 Å². The van der Waals surface area contributed by atoms with E-state index in [1.54, 1.807) is 34.6 Å². The van der Waals surface area contributed by atoms with Crippen LogP contribution in [0.2, 0.25) is 0 Å². The van der Waals surface area contributed by atoms with Crippen LogP contribution in [0.5, 0.6) is 0 Å². The third kappa shape index (κ3) is 2.39. The molecule has 2 aromatic carbocycles. The molecule has 3 heterocycles. The van der Waals surface area contributed by atoms with Crippen molar-refractivity contribution in [1.82, 2.24) is 24.1 Å². The minimum Gasteiger partial charge on any atom is -0.332 e. The summed E-state index contributed by atoms with van der Waals surface area (Å²) in [7, 11) is 1.72. The van der Waals surface area contributed by atoms with E-state index in [2.05, 4.69) is 15.0 Å². The molecule has 0 aliphatic rings. The molecule has 0 spiro atoms. The van der Waals surface area contributed by atoms with Gasteiger partial charge in [-0.3, -0.25) is 4.57 Å². The zero-order chi connectivity index (χ0) is 18.5. The Balaban J connectivity index is 1.84. The van der Waals surface area contributed by atoms with Crippen LogP contribution in [0.1, 0.15) is 0 Å². The topological polar surface area (TPSA) is 48.5 Å². The first-order chi connectivity index (χ1) is 13.1. The van der Waals surface area contributed by atoms with Crippen LogP contribution in [0.3, 0.4) is 0 Å². The number of benzene rings is 2. The fraction of sp³-hybridized carbons (Fsp3) is 0.0500. The van der Waals surface area contributed by atoms with Gasteiger partial charge >= 0.3 is 0 Å². The van der Waals surface area contributed by atoms with Crippen molar-refractivity contribution in [2.75, 3.05) is 0 Å². The number of hydrogen-bond donors (Lipinski definition) is 0. The van der Waals surface area contributed by atoms with Crippen LogP contribution in [0.25, 0.3) is 39.3 Å². The Morgan fingerprint density at radius 1 is 0.926 bits per heavy atom. The van der Waals surface area contributed by atoms with E-state index in [-0.39, 0.29) is 5.82 Å². The number of rotatable bonds is 2. The van der Waals surface area contributed by atoms with Crippen molar-refractivity contribution < 1.29 is 8.78 Å². The van der Waals surface area contributed by atoms with E-state index in [9.17, 15) is 8.78 Å². The first-order valence-corrected chi connectivity index (χ1v) is 8.33. The van der Waals surface area contributed by atoms with Gasteiger partial charge in [-0.05, 0) is 36.4 Å². The van der Waals surface area contributed by atoms with Gasteiger partial charge < -0.3 is 4.57 Å². The second kappa shape index (κ2) is 5.70. The Morgan fingerprint density at radius 3 is 2.52 bits per heavy atom. The lowest BCUT2D eigenvalue weighted by atomic mass is 10.1. The SMILES string of the molecule is Cn1cc(F)c2c(-c3ccc(F)cc3)nc(-n3cnc4ccccc43)nc21. The van der Waals surface area contributed by atoms with Gasteiger partial charge in [0.1, 0.15) is 17.8 Å². The van der Waals surface area contributed by atoms with Gasteiger partial charge in [-0.1, -0.05) is 12.1 Å². The molecule has 0 N–H and O–H groups in total. The molecular formula is C20H13F2N5. The van der Waals surface area contributed by atoms with Crippen LogP contribution in [0.4, 0.5) is 8.78 Å². The van der Waals surface area contributed by atoms with E-state index in [1.807, 2.05) is 24.3 Å². The summed E-state index contributed by atoms with van der Waals surface area (Å²) in [6.07, 6.45) is 3.00. The first kappa shape index (κ1) is 15.6. The van der Waals surface area contributed by atoms with Crippen LogP contribution in [0.15, 0.2) is 61.1 Å². The maximum Gasteiger partial charge on any atom is 0.238 e. The summed E-state index contributed by atoms with van der Waals surface area (Å²) in [6, 6.07) is 13.4. The molecule has 3 aromatic heterocycles. The van der Waals surface area contributed by atoms with E-state index in [0.717, 1.165) is 11.0 Å². The van der Waals surface area contributed by atoms with E-state index in [4.69, 9.17) is 0 Å². The maximum absolute atomic E-state index is 14.6. The second-order valence-corrected chi connectivity index (χ2v) is 6.27. The summed E-state index contributed by atoms with van der Waals surface area (Å²) in [4.78, 5) is 13.5. The lowest BCUT2D eigenvalue weighted by Crippen LogP contribution is -2.03. The lowest BCUT2D eigenvalue weighted by Gasteiger charge is -2.09. The highest BCUT2D eigenvalue weighted by atomic mass is 19.1. The van der Waals surface area contributed by atoms with E-state index >= 15 is 0 Å². The number of fused-ring (bicyclic) bond motifs is 2. The van der Waals surface area contributed by atoms with Gasteiger partial charge in [0.2, 0.25) is 5.95 Å². The van der Waals surface area contributed by atoms with Gasteiger partial charge in [-0.15, -0.1) is 0 Å². The Labute approximate surface area is 152 Å². The third-order valence-corrected chi connectivity index (χ3v) is 4.54. The molecular weight excluding hydrogens is 348 g/mol. The summed E-state index contributed by atoms with van der Waals surface area (Å²) < 4.78 is 31.3. The summed E-state index contributed by atoms with van der Waals surface area (Å²) in [6.45, 7) is 0. The molecule has 5 nitrogen and oxygen atoms in total. The molecule has 0 aliphatic heterocycles. The monoisotopic (exact) mass is 361 g/mol. The van der Waals surface area contributed by atoms with Crippen molar-refractivity contribution in [3.63, 3.8) is 0 Å². The van der Waals surface area contributed by atoms with Crippen molar-refractivity contribution in [3.8, 4) is 17.2 Å². The molecule has 0 saturated carbocycles. The van der Waals surface area contributed by atoms with Gasteiger partial charge in [-0.2, -0.15) is 4.98 Å². The molecule has 0 aliphatic carbocycles. The average Bonchev–Trinajstić information content (AvgIpc) is 3.23. The van der Waals surface area contributed by atoms with Crippen molar-refractivity contribution >= 4 is 22.1 Å². The largest absolute Gasteiger partial charge is 0.332 e. The molecule has 5 aromatic rings. The predicted molar refractivity (Wildman–Crippen MR) is 98.5 cm³/mol. The summed E-state index contributed by atoms with van der Waals surface area (Å²) in [5, 5.41) is 0.303. The summed E-state index contributed by atoms with van der Waals surface area (Å²) >= 11 is 0.